The van der Waals surface area contributed by atoms with E-state index in [4.69, 9.17) is 0 Å². The molecule has 0 heterocycles. The molecule has 4 nitrogen and oxygen atoms in total. The Labute approximate surface area is 313 Å². The van der Waals surface area contributed by atoms with Gasteiger partial charge in [0.15, 0.2) is 0 Å². The lowest BCUT2D eigenvalue weighted by molar-refractivity contribution is 0.0402. The van der Waals surface area contributed by atoms with E-state index < -0.39 is 10.8 Å². The summed E-state index contributed by atoms with van der Waals surface area (Å²) in [4.78, 5) is 0. The number of benzene rings is 4. The van der Waals surface area contributed by atoms with Crippen molar-refractivity contribution >= 4 is 0 Å². The van der Waals surface area contributed by atoms with Crippen molar-refractivity contribution in [2.75, 3.05) is 0 Å². The second-order valence-corrected chi connectivity index (χ2v) is 17.0. The zero-order valence-electron chi connectivity index (χ0n) is 34.0. The summed E-state index contributed by atoms with van der Waals surface area (Å²) >= 11 is 0. The lowest BCUT2D eigenvalue weighted by Gasteiger charge is -2.66. The summed E-state index contributed by atoms with van der Waals surface area (Å²) in [7, 11) is 0. The van der Waals surface area contributed by atoms with Crippen LogP contribution < -0.4 is 0 Å². The Bertz CT molecular complexity index is 2030. The molecule has 6 rings (SSSR count). The van der Waals surface area contributed by atoms with Crippen molar-refractivity contribution in [3.05, 3.63) is 113 Å². The standard InChI is InChI=1S/C48H62O4/c1-26-22-38(30(5)34(9)42(26)49)46(18-14-13-15-19-46)48(41-25-29(4)45(52)37(12)33(41)8)21-17-16-20-47(48,39-23-27(2)43(50)35(10)31(39)6)40-24-28(3)44(51)36(11)32(40)7/h22-25,49-52H,13-21H2,1-12H3. The first-order valence-electron chi connectivity index (χ1n) is 19.6. The summed E-state index contributed by atoms with van der Waals surface area (Å²) in [5.41, 5.74) is 15.5. The number of hydrogen-bond donors (Lipinski definition) is 4. The molecule has 4 aromatic carbocycles. The van der Waals surface area contributed by atoms with Crippen LogP contribution >= 0.6 is 0 Å². The number of phenols is 4. The van der Waals surface area contributed by atoms with Crippen LogP contribution in [-0.4, -0.2) is 20.4 Å². The summed E-state index contributed by atoms with van der Waals surface area (Å²) in [5.74, 6) is 1.45. The lowest BCUT2D eigenvalue weighted by atomic mass is 9.36. The van der Waals surface area contributed by atoms with Crippen molar-refractivity contribution in [2.24, 2.45) is 0 Å². The fourth-order valence-electron chi connectivity index (χ4n) is 11.5. The molecule has 1 atom stereocenters. The SMILES string of the molecule is Cc1cc(C2(C3(c4cc(C)c(O)c(C)c4C)CCCCC3(c3cc(C)c(O)c(C)c3C)c3cc(C)c(O)c(C)c3C)CCCCC2)c(C)c(C)c1O. The Morgan fingerprint density at radius 3 is 1.08 bits per heavy atom. The zero-order chi connectivity index (χ0) is 38.2. The van der Waals surface area contributed by atoms with Gasteiger partial charge in [0.1, 0.15) is 23.0 Å². The maximum atomic E-state index is 11.5. The van der Waals surface area contributed by atoms with Crippen molar-refractivity contribution in [3.8, 4) is 23.0 Å². The van der Waals surface area contributed by atoms with Gasteiger partial charge in [-0.25, -0.2) is 0 Å². The molecule has 2 saturated carbocycles. The van der Waals surface area contributed by atoms with Gasteiger partial charge in [0.2, 0.25) is 0 Å². The highest BCUT2D eigenvalue weighted by Gasteiger charge is 2.67. The molecule has 52 heavy (non-hydrogen) atoms. The molecular formula is C48H62O4. The van der Waals surface area contributed by atoms with E-state index in [1.807, 2.05) is 13.8 Å². The van der Waals surface area contributed by atoms with Gasteiger partial charge in [-0.1, -0.05) is 56.4 Å². The van der Waals surface area contributed by atoms with Gasteiger partial charge < -0.3 is 20.4 Å². The van der Waals surface area contributed by atoms with Crippen molar-refractivity contribution in [3.63, 3.8) is 0 Å². The molecule has 1 unspecified atom stereocenters. The summed E-state index contributed by atoms with van der Waals surface area (Å²) in [6.07, 6.45) is 9.32. The van der Waals surface area contributed by atoms with Crippen LogP contribution in [0.25, 0.3) is 0 Å². The quantitative estimate of drug-likeness (QED) is 0.167. The number of hydrogen-bond acceptors (Lipinski definition) is 4. The molecule has 4 aromatic rings. The molecule has 0 saturated heterocycles. The van der Waals surface area contributed by atoms with E-state index >= 15 is 0 Å². The normalized spacial score (nSPS) is 19.9. The first kappa shape index (κ1) is 37.8. The molecule has 0 amide bonds. The third kappa shape index (κ3) is 4.98. The van der Waals surface area contributed by atoms with Crippen LogP contribution in [-0.2, 0) is 16.2 Å². The Kier molecular flexibility index (Phi) is 9.59. The topological polar surface area (TPSA) is 80.9 Å². The van der Waals surface area contributed by atoms with Crippen LogP contribution in [0.4, 0.5) is 0 Å². The maximum absolute atomic E-state index is 11.5. The van der Waals surface area contributed by atoms with Gasteiger partial charge in [0.05, 0.1) is 0 Å². The third-order valence-electron chi connectivity index (χ3n) is 14.7. The molecule has 2 fully saturated rings. The van der Waals surface area contributed by atoms with E-state index in [0.29, 0.717) is 23.0 Å². The van der Waals surface area contributed by atoms with Crippen LogP contribution in [0.5, 0.6) is 23.0 Å². The summed E-state index contributed by atoms with van der Waals surface area (Å²) in [6.45, 7) is 25.3. The molecule has 2 aliphatic rings. The summed E-state index contributed by atoms with van der Waals surface area (Å²) in [5, 5.41) is 45.8. The van der Waals surface area contributed by atoms with Crippen LogP contribution in [0.1, 0.15) is 147 Å². The molecule has 4 N–H and O–H groups in total. The van der Waals surface area contributed by atoms with Crippen molar-refractivity contribution < 1.29 is 20.4 Å². The number of aryl methyl sites for hydroxylation is 4. The smallest absolute Gasteiger partial charge is 0.121 e. The van der Waals surface area contributed by atoms with Gasteiger partial charge in [0, 0.05) is 16.2 Å². The van der Waals surface area contributed by atoms with E-state index in [9.17, 15) is 20.4 Å². The molecule has 0 spiro atoms. The molecular weight excluding hydrogens is 641 g/mol. The molecule has 4 heteroatoms. The number of rotatable bonds is 5. The maximum Gasteiger partial charge on any atom is 0.121 e. The minimum absolute atomic E-state index is 0.349. The molecule has 0 aromatic heterocycles. The predicted molar refractivity (Wildman–Crippen MR) is 215 cm³/mol. The van der Waals surface area contributed by atoms with Crippen LogP contribution in [0, 0.1) is 83.1 Å². The number of aromatic hydroxyl groups is 4. The average Bonchev–Trinajstić information content (AvgIpc) is 3.14. The Morgan fingerprint density at radius 1 is 0.346 bits per heavy atom. The molecule has 278 valence electrons. The predicted octanol–water partition coefficient (Wildman–Crippen LogP) is 11.9. The minimum Gasteiger partial charge on any atom is -0.507 e. The molecule has 2 aliphatic carbocycles. The lowest BCUT2D eigenvalue weighted by Crippen LogP contribution is -2.65. The van der Waals surface area contributed by atoms with Crippen LogP contribution in [0.15, 0.2) is 24.3 Å². The van der Waals surface area contributed by atoms with E-state index in [1.165, 1.54) is 34.2 Å². The van der Waals surface area contributed by atoms with Crippen molar-refractivity contribution in [2.45, 2.75) is 157 Å². The molecule has 0 bridgehead atoms. The third-order valence-corrected chi connectivity index (χ3v) is 14.7. The zero-order valence-corrected chi connectivity index (χ0v) is 34.0. The second kappa shape index (κ2) is 13.2. The monoisotopic (exact) mass is 702 g/mol. The first-order chi connectivity index (χ1) is 24.4. The Morgan fingerprint density at radius 2 is 0.654 bits per heavy atom. The van der Waals surface area contributed by atoms with Crippen molar-refractivity contribution in [1.82, 2.24) is 0 Å². The fraction of sp³-hybridized carbons (Fsp3) is 0.500. The summed E-state index contributed by atoms with van der Waals surface area (Å²) in [6, 6.07) is 9.23. The Balaban J connectivity index is 2.00. The highest BCUT2D eigenvalue weighted by Crippen LogP contribution is 2.70. The highest BCUT2D eigenvalue weighted by atomic mass is 16.3. The fourth-order valence-corrected chi connectivity index (χ4v) is 11.5. The van der Waals surface area contributed by atoms with Gasteiger partial charge in [-0.15, -0.1) is 0 Å². The van der Waals surface area contributed by atoms with Crippen molar-refractivity contribution in [1.29, 1.82) is 0 Å². The summed E-state index contributed by atoms with van der Waals surface area (Å²) < 4.78 is 0. The number of phenolic OH excluding ortho intramolecular Hbond substituents is 4. The minimum atomic E-state index is -0.587. The van der Waals surface area contributed by atoms with Gasteiger partial charge in [0.25, 0.3) is 0 Å². The molecule has 0 radical (unpaired) electrons. The largest absolute Gasteiger partial charge is 0.507 e. The Hall–Kier alpha value is -3.92. The molecule has 0 aliphatic heterocycles. The first-order valence-corrected chi connectivity index (χ1v) is 19.6. The van der Waals surface area contributed by atoms with Crippen LogP contribution in [0.2, 0.25) is 0 Å². The van der Waals surface area contributed by atoms with E-state index in [1.54, 1.807) is 0 Å². The van der Waals surface area contributed by atoms with Crippen LogP contribution in [0.3, 0.4) is 0 Å². The average molecular weight is 703 g/mol. The van der Waals surface area contributed by atoms with Gasteiger partial charge in [-0.2, -0.15) is 0 Å². The van der Waals surface area contributed by atoms with Gasteiger partial charge >= 0.3 is 0 Å². The second-order valence-electron chi connectivity index (χ2n) is 17.0. The van der Waals surface area contributed by atoms with Gasteiger partial charge in [-0.05, 0) is 198 Å². The highest BCUT2D eigenvalue weighted by molar-refractivity contribution is 5.67. The van der Waals surface area contributed by atoms with Gasteiger partial charge in [-0.3, -0.25) is 0 Å². The van der Waals surface area contributed by atoms with E-state index in [-0.39, 0.29) is 5.41 Å². The van der Waals surface area contributed by atoms with E-state index in [0.717, 1.165) is 113 Å². The van der Waals surface area contributed by atoms with E-state index in [2.05, 4.69) is 93.5 Å².